The van der Waals surface area contributed by atoms with Crippen LogP contribution in [0.2, 0.25) is 0 Å². The van der Waals surface area contributed by atoms with Crippen LogP contribution in [0.25, 0.3) is 11.1 Å². The van der Waals surface area contributed by atoms with E-state index >= 15 is 0 Å². The highest BCUT2D eigenvalue weighted by Crippen LogP contribution is 2.51. The van der Waals surface area contributed by atoms with Crippen LogP contribution in [0.3, 0.4) is 0 Å². The molecule has 0 radical (unpaired) electrons. The van der Waals surface area contributed by atoms with E-state index in [1.54, 1.807) is 0 Å². The van der Waals surface area contributed by atoms with Crippen molar-refractivity contribution in [3.63, 3.8) is 0 Å². The average Bonchev–Trinajstić information content (AvgIpc) is 3.02. The van der Waals surface area contributed by atoms with Crippen molar-refractivity contribution in [2.45, 2.75) is 39.2 Å². The summed E-state index contributed by atoms with van der Waals surface area (Å²) in [5, 5.41) is 0. The summed E-state index contributed by atoms with van der Waals surface area (Å²) in [6.07, 6.45) is 7.09. The minimum Gasteiger partial charge on any atom is -0.356 e. The van der Waals surface area contributed by atoms with Crippen LogP contribution in [-0.4, -0.2) is 23.1 Å². The van der Waals surface area contributed by atoms with E-state index in [-0.39, 0.29) is 11.5 Å². The Kier molecular flexibility index (Phi) is 4.39. The third-order valence-corrected chi connectivity index (χ3v) is 7.00. The van der Waals surface area contributed by atoms with Crippen LogP contribution in [0.15, 0.2) is 54.9 Å². The Labute approximate surface area is 172 Å². The molecular formula is C25H28N4. The number of pyridine rings is 2. The first-order valence-corrected chi connectivity index (χ1v) is 10.5. The van der Waals surface area contributed by atoms with Gasteiger partial charge in [-0.1, -0.05) is 30.3 Å². The van der Waals surface area contributed by atoms with Crippen molar-refractivity contribution in [1.29, 1.82) is 0 Å². The molecule has 0 saturated carbocycles. The van der Waals surface area contributed by atoms with Crippen LogP contribution >= 0.6 is 0 Å². The second kappa shape index (κ2) is 6.96. The number of hydrogen-bond donors (Lipinski definition) is 1. The number of nitrogens with zero attached hydrogens (tertiary/aromatic N) is 3. The van der Waals surface area contributed by atoms with E-state index in [1.165, 1.54) is 22.3 Å². The fraction of sp³-hybridized carbons (Fsp3) is 0.360. The van der Waals surface area contributed by atoms with Gasteiger partial charge in [0.05, 0.1) is 0 Å². The molecule has 2 aromatic heterocycles. The van der Waals surface area contributed by atoms with Gasteiger partial charge in [-0.15, -0.1) is 0 Å². The zero-order chi connectivity index (χ0) is 20.0. The van der Waals surface area contributed by atoms with Crippen molar-refractivity contribution >= 4 is 5.82 Å². The number of hydrogen-bond acceptors (Lipinski definition) is 4. The minimum absolute atomic E-state index is 0.151. The zero-order valence-electron chi connectivity index (χ0n) is 17.2. The maximum Gasteiger partial charge on any atom is 0.132 e. The Morgan fingerprint density at radius 1 is 1.07 bits per heavy atom. The number of anilines is 1. The number of rotatable bonds is 2. The molecule has 1 aliphatic carbocycles. The van der Waals surface area contributed by atoms with E-state index in [4.69, 9.17) is 10.7 Å². The molecule has 0 bridgehead atoms. The van der Waals surface area contributed by atoms with Crippen molar-refractivity contribution in [2.24, 2.45) is 11.1 Å². The lowest BCUT2D eigenvalue weighted by molar-refractivity contribution is 0.187. The Morgan fingerprint density at radius 2 is 1.86 bits per heavy atom. The maximum absolute atomic E-state index is 6.75. The van der Waals surface area contributed by atoms with Crippen LogP contribution in [0.1, 0.15) is 41.3 Å². The summed E-state index contributed by atoms with van der Waals surface area (Å²) in [5.41, 5.74) is 14.4. The predicted octanol–water partition coefficient (Wildman–Crippen LogP) is 4.60. The third kappa shape index (κ3) is 3.03. The predicted molar refractivity (Wildman–Crippen MR) is 118 cm³/mol. The SMILES string of the molecule is Cc1cc(-c2cccnc2)c(C)c(N2CCC3(CC2)Cc2ccccc2[C@H]3N)n1. The van der Waals surface area contributed by atoms with Gasteiger partial charge in [0.15, 0.2) is 0 Å². The van der Waals surface area contributed by atoms with Gasteiger partial charge in [0.1, 0.15) is 5.82 Å². The van der Waals surface area contributed by atoms with Crippen LogP contribution in [0.5, 0.6) is 0 Å². The van der Waals surface area contributed by atoms with Crippen molar-refractivity contribution in [1.82, 2.24) is 9.97 Å². The number of piperidine rings is 1. The van der Waals surface area contributed by atoms with Crippen LogP contribution in [0.4, 0.5) is 5.82 Å². The van der Waals surface area contributed by atoms with E-state index in [2.05, 4.69) is 60.1 Å². The number of aryl methyl sites for hydroxylation is 1. The number of fused-ring (bicyclic) bond motifs is 1. The van der Waals surface area contributed by atoms with E-state index in [1.807, 2.05) is 18.5 Å². The lowest BCUT2D eigenvalue weighted by Crippen LogP contribution is -2.44. The van der Waals surface area contributed by atoms with Crippen molar-refractivity contribution in [3.8, 4) is 11.1 Å². The third-order valence-electron chi connectivity index (χ3n) is 7.00. The van der Waals surface area contributed by atoms with E-state index in [0.29, 0.717) is 0 Å². The lowest BCUT2D eigenvalue weighted by Gasteiger charge is -2.43. The molecule has 3 aromatic rings. The first-order chi connectivity index (χ1) is 14.1. The fourth-order valence-corrected chi connectivity index (χ4v) is 5.32. The second-order valence-electron chi connectivity index (χ2n) is 8.70. The summed E-state index contributed by atoms with van der Waals surface area (Å²) in [7, 11) is 0. The zero-order valence-corrected chi connectivity index (χ0v) is 17.2. The van der Waals surface area contributed by atoms with Gasteiger partial charge >= 0.3 is 0 Å². The summed E-state index contributed by atoms with van der Waals surface area (Å²) in [6.45, 7) is 6.28. The van der Waals surface area contributed by atoms with Gasteiger partial charge in [0, 0.05) is 42.8 Å². The molecule has 1 aliphatic heterocycles. The van der Waals surface area contributed by atoms with Gasteiger partial charge in [-0.2, -0.15) is 0 Å². The number of benzene rings is 1. The lowest BCUT2D eigenvalue weighted by atomic mass is 9.73. The topological polar surface area (TPSA) is 55.0 Å². The molecule has 148 valence electrons. The van der Waals surface area contributed by atoms with Gasteiger partial charge < -0.3 is 10.6 Å². The average molecular weight is 385 g/mol. The summed E-state index contributed by atoms with van der Waals surface area (Å²) in [4.78, 5) is 11.7. The molecule has 1 atom stereocenters. The Balaban J connectivity index is 1.42. The molecule has 4 heteroatoms. The van der Waals surface area contributed by atoms with Crippen molar-refractivity contribution in [2.75, 3.05) is 18.0 Å². The van der Waals surface area contributed by atoms with Gasteiger partial charge in [-0.3, -0.25) is 4.98 Å². The molecule has 3 heterocycles. The number of nitrogens with two attached hydrogens (primary N) is 1. The molecule has 4 nitrogen and oxygen atoms in total. The highest BCUT2D eigenvalue weighted by atomic mass is 15.2. The second-order valence-corrected chi connectivity index (χ2v) is 8.70. The Hall–Kier alpha value is -2.72. The van der Waals surface area contributed by atoms with Gasteiger partial charge in [-0.25, -0.2) is 4.98 Å². The van der Waals surface area contributed by atoms with Crippen LogP contribution in [-0.2, 0) is 6.42 Å². The molecule has 29 heavy (non-hydrogen) atoms. The minimum atomic E-state index is 0.151. The van der Waals surface area contributed by atoms with Crippen LogP contribution < -0.4 is 10.6 Å². The standard InChI is InChI=1S/C25H28N4/c1-17-14-22(20-7-5-11-27-16-20)18(2)24(28-17)29-12-9-25(10-13-29)15-19-6-3-4-8-21(19)23(25)26/h3-8,11,14,16,23H,9-10,12-13,15,26H2,1-2H3/t23-/m1/s1. The fourth-order valence-electron chi connectivity index (χ4n) is 5.32. The monoisotopic (exact) mass is 384 g/mol. The van der Waals surface area contributed by atoms with Crippen molar-refractivity contribution in [3.05, 3.63) is 77.2 Å². The molecule has 1 saturated heterocycles. The van der Waals surface area contributed by atoms with Crippen molar-refractivity contribution < 1.29 is 0 Å². The first-order valence-electron chi connectivity index (χ1n) is 10.5. The normalized spacial score (nSPS) is 20.1. The van der Waals surface area contributed by atoms with Gasteiger partial charge in [-0.05, 0) is 72.9 Å². The number of aromatic nitrogens is 2. The Morgan fingerprint density at radius 3 is 2.59 bits per heavy atom. The van der Waals surface area contributed by atoms with Crippen LogP contribution in [0, 0.1) is 19.3 Å². The van der Waals surface area contributed by atoms with E-state index in [9.17, 15) is 0 Å². The first kappa shape index (κ1) is 18.3. The molecular weight excluding hydrogens is 356 g/mol. The summed E-state index contributed by atoms with van der Waals surface area (Å²) < 4.78 is 0. The molecule has 0 unspecified atom stereocenters. The van der Waals surface area contributed by atoms with E-state index < -0.39 is 0 Å². The summed E-state index contributed by atoms with van der Waals surface area (Å²) in [6, 6.07) is 15.2. The highest BCUT2D eigenvalue weighted by Gasteiger charge is 2.46. The van der Waals surface area contributed by atoms with Gasteiger partial charge in [0.2, 0.25) is 0 Å². The quantitative estimate of drug-likeness (QED) is 0.701. The molecule has 1 fully saturated rings. The molecule has 5 rings (SSSR count). The summed E-state index contributed by atoms with van der Waals surface area (Å²) in [5.74, 6) is 1.11. The molecule has 1 aromatic carbocycles. The Bertz CT molecular complexity index is 1040. The maximum atomic E-state index is 6.75. The molecule has 1 spiro atoms. The highest BCUT2D eigenvalue weighted by molar-refractivity contribution is 5.72. The largest absolute Gasteiger partial charge is 0.356 e. The van der Waals surface area contributed by atoms with Gasteiger partial charge in [0.25, 0.3) is 0 Å². The molecule has 0 amide bonds. The summed E-state index contributed by atoms with van der Waals surface area (Å²) >= 11 is 0. The van der Waals surface area contributed by atoms with E-state index in [0.717, 1.165) is 49.4 Å². The molecule has 2 N–H and O–H groups in total. The smallest absolute Gasteiger partial charge is 0.132 e. The molecule has 2 aliphatic rings.